The summed E-state index contributed by atoms with van der Waals surface area (Å²) in [6.45, 7) is 0.942. The first-order chi connectivity index (χ1) is 13.6. The summed E-state index contributed by atoms with van der Waals surface area (Å²) in [4.78, 5) is 8.32. The van der Waals surface area contributed by atoms with Crippen LogP contribution in [0.2, 0.25) is 0 Å². The quantitative estimate of drug-likeness (QED) is 0.289. The number of hydrogen-bond acceptors (Lipinski definition) is 3. The molecule has 8 heteroatoms. The van der Waals surface area contributed by atoms with Gasteiger partial charge in [0.2, 0.25) is 5.88 Å². The van der Waals surface area contributed by atoms with Crippen molar-refractivity contribution in [2.75, 3.05) is 7.05 Å². The third kappa shape index (κ3) is 7.30. The number of aromatic nitrogens is 1. The maximum absolute atomic E-state index is 13.2. The fraction of sp³-hybridized carbons (Fsp3) is 0.143. The van der Waals surface area contributed by atoms with Crippen LogP contribution in [-0.4, -0.2) is 18.0 Å². The van der Waals surface area contributed by atoms with Gasteiger partial charge in [-0.15, -0.1) is 24.0 Å². The first-order valence-electron chi connectivity index (χ1n) is 8.70. The highest BCUT2D eigenvalue weighted by Gasteiger charge is 2.03. The Bertz CT molecular complexity index is 951. The monoisotopic (exact) mass is 510 g/mol. The molecule has 0 fully saturated rings. The number of aliphatic imine (C=N–C) groups is 1. The van der Waals surface area contributed by atoms with Crippen LogP contribution < -0.4 is 15.4 Å². The number of nitrogens with zero attached hydrogens (tertiary/aromatic N) is 2. The molecule has 0 aliphatic rings. The minimum absolute atomic E-state index is 0. The molecule has 0 bridgehead atoms. The maximum Gasteiger partial charge on any atom is 0.219 e. The smallest absolute Gasteiger partial charge is 0.219 e. The largest absolute Gasteiger partial charge is 0.439 e. The summed E-state index contributed by atoms with van der Waals surface area (Å²) in [5, 5.41) is 6.31. The van der Waals surface area contributed by atoms with Gasteiger partial charge in [0.25, 0.3) is 0 Å². The van der Waals surface area contributed by atoms with Crippen molar-refractivity contribution in [3.63, 3.8) is 0 Å². The van der Waals surface area contributed by atoms with Crippen molar-refractivity contribution in [1.82, 2.24) is 15.6 Å². The molecule has 0 atom stereocenters. The second kappa shape index (κ2) is 11.3. The van der Waals surface area contributed by atoms with Crippen molar-refractivity contribution in [3.05, 3.63) is 89.6 Å². The lowest BCUT2D eigenvalue weighted by Gasteiger charge is -2.12. The highest BCUT2D eigenvalue weighted by atomic mass is 127. The number of hydrogen-bond donors (Lipinski definition) is 2. The minimum Gasteiger partial charge on any atom is -0.439 e. The van der Waals surface area contributed by atoms with Gasteiger partial charge in [-0.05, 0) is 53.6 Å². The Hall–Kier alpha value is -2.75. The van der Waals surface area contributed by atoms with E-state index in [1.165, 1.54) is 24.3 Å². The number of pyridine rings is 1. The van der Waals surface area contributed by atoms with Crippen LogP contribution in [0.25, 0.3) is 0 Å². The molecule has 5 nitrogen and oxygen atoms in total. The van der Waals surface area contributed by atoms with Gasteiger partial charge in [0.15, 0.2) is 5.96 Å². The van der Waals surface area contributed by atoms with E-state index >= 15 is 0 Å². The Labute approximate surface area is 185 Å². The van der Waals surface area contributed by atoms with Crippen molar-refractivity contribution in [2.45, 2.75) is 13.1 Å². The van der Waals surface area contributed by atoms with Gasteiger partial charge in [-0.1, -0.05) is 12.1 Å². The van der Waals surface area contributed by atoms with Crippen molar-refractivity contribution < 1.29 is 13.5 Å². The summed E-state index contributed by atoms with van der Waals surface area (Å²) in [6, 6.07) is 15.8. The van der Waals surface area contributed by atoms with E-state index < -0.39 is 0 Å². The lowest BCUT2D eigenvalue weighted by Crippen LogP contribution is -2.36. The zero-order chi connectivity index (χ0) is 19.8. The zero-order valence-corrected chi connectivity index (χ0v) is 18.1. The minimum atomic E-state index is -0.324. The molecular weight excluding hydrogens is 489 g/mol. The fourth-order valence-corrected chi connectivity index (χ4v) is 2.48. The number of benzene rings is 2. The molecule has 0 spiro atoms. The van der Waals surface area contributed by atoms with Gasteiger partial charge >= 0.3 is 0 Å². The Morgan fingerprint density at radius 2 is 1.62 bits per heavy atom. The van der Waals surface area contributed by atoms with E-state index in [-0.39, 0.29) is 35.6 Å². The normalized spacial score (nSPS) is 10.8. The summed E-state index contributed by atoms with van der Waals surface area (Å²) in [6.07, 6.45) is 1.64. The molecule has 1 aromatic heterocycles. The number of ether oxygens (including phenoxy) is 1. The summed E-state index contributed by atoms with van der Waals surface area (Å²) in [7, 11) is 1.66. The van der Waals surface area contributed by atoms with Crippen molar-refractivity contribution in [2.24, 2.45) is 4.99 Å². The Morgan fingerprint density at radius 1 is 0.931 bits per heavy atom. The molecule has 3 rings (SSSR count). The van der Waals surface area contributed by atoms with E-state index in [0.717, 1.165) is 11.1 Å². The van der Waals surface area contributed by atoms with Crippen LogP contribution in [0.1, 0.15) is 11.1 Å². The molecule has 0 saturated heterocycles. The number of nitrogens with one attached hydrogen (secondary N) is 2. The predicted octanol–water partition coefficient (Wildman–Crippen LogP) is 4.64. The number of halogens is 3. The Kier molecular flexibility index (Phi) is 8.78. The van der Waals surface area contributed by atoms with Crippen LogP contribution >= 0.6 is 24.0 Å². The van der Waals surface area contributed by atoms with Crippen LogP contribution in [0.3, 0.4) is 0 Å². The Morgan fingerprint density at radius 3 is 2.28 bits per heavy atom. The molecule has 152 valence electrons. The zero-order valence-electron chi connectivity index (χ0n) is 15.7. The van der Waals surface area contributed by atoms with Gasteiger partial charge in [-0.25, -0.2) is 13.8 Å². The first kappa shape index (κ1) is 22.5. The fourth-order valence-electron chi connectivity index (χ4n) is 2.48. The average molecular weight is 510 g/mol. The molecule has 29 heavy (non-hydrogen) atoms. The Balaban J connectivity index is 0.00000300. The van der Waals surface area contributed by atoms with E-state index in [1.54, 1.807) is 37.5 Å². The maximum atomic E-state index is 13.2. The molecule has 2 aromatic carbocycles. The molecule has 0 amide bonds. The van der Waals surface area contributed by atoms with Gasteiger partial charge in [0.1, 0.15) is 17.4 Å². The van der Waals surface area contributed by atoms with Crippen molar-refractivity contribution >= 4 is 29.9 Å². The summed E-state index contributed by atoms with van der Waals surface area (Å²) in [5.41, 5.74) is 1.75. The lowest BCUT2D eigenvalue weighted by atomic mass is 10.2. The summed E-state index contributed by atoms with van der Waals surface area (Å²) >= 11 is 0. The standard InChI is InChI=1S/C21H20F2N4O.HI/c1-24-21(26-13-15-3-2-4-18(23)11-15)27-14-16-9-10-25-20(12-16)28-19-7-5-17(22)6-8-19;/h2-12H,13-14H2,1H3,(H2,24,26,27);1H. The topological polar surface area (TPSA) is 58.5 Å². The highest BCUT2D eigenvalue weighted by molar-refractivity contribution is 14.0. The van der Waals surface area contributed by atoms with E-state index in [1.807, 2.05) is 12.1 Å². The molecule has 0 aliphatic heterocycles. The van der Waals surface area contributed by atoms with Crippen molar-refractivity contribution in [1.29, 1.82) is 0 Å². The molecule has 0 radical (unpaired) electrons. The van der Waals surface area contributed by atoms with Crippen LogP contribution in [0.5, 0.6) is 11.6 Å². The van der Waals surface area contributed by atoms with Crippen molar-refractivity contribution in [3.8, 4) is 11.6 Å². The van der Waals surface area contributed by atoms with Crippen LogP contribution in [-0.2, 0) is 13.1 Å². The molecule has 0 unspecified atom stereocenters. The van der Waals surface area contributed by atoms with E-state index in [2.05, 4.69) is 20.6 Å². The van der Waals surface area contributed by atoms with Crippen LogP contribution in [0.4, 0.5) is 8.78 Å². The third-order valence-electron chi connectivity index (χ3n) is 3.87. The van der Waals surface area contributed by atoms with Gasteiger partial charge in [-0.3, -0.25) is 4.99 Å². The molecule has 2 N–H and O–H groups in total. The molecular formula is C21H21F2IN4O. The highest BCUT2D eigenvalue weighted by Crippen LogP contribution is 2.20. The number of guanidine groups is 1. The number of rotatable bonds is 6. The van der Waals surface area contributed by atoms with Gasteiger partial charge in [0, 0.05) is 32.4 Å². The van der Waals surface area contributed by atoms with E-state index in [9.17, 15) is 8.78 Å². The molecule has 0 aliphatic carbocycles. The predicted molar refractivity (Wildman–Crippen MR) is 120 cm³/mol. The molecule has 3 aromatic rings. The second-order valence-electron chi connectivity index (χ2n) is 5.97. The van der Waals surface area contributed by atoms with Gasteiger partial charge < -0.3 is 15.4 Å². The third-order valence-corrected chi connectivity index (χ3v) is 3.87. The van der Waals surface area contributed by atoms with Crippen LogP contribution in [0.15, 0.2) is 71.9 Å². The molecule has 0 saturated carbocycles. The SMILES string of the molecule is CN=C(NCc1cccc(F)c1)NCc1ccnc(Oc2ccc(F)cc2)c1.I. The summed E-state index contributed by atoms with van der Waals surface area (Å²) < 4.78 is 31.9. The van der Waals surface area contributed by atoms with E-state index in [0.29, 0.717) is 30.7 Å². The van der Waals surface area contributed by atoms with Crippen LogP contribution in [0, 0.1) is 11.6 Å². The molecule has 1 heterocycles. The average Bonchev–Trinajstić information content (AvgIpc) is 2.70. The first-order valence-corrected chi connectivity index (χ1v) is 8.70. The summed E-state index contributed by atoms with van der Waals surface area (Å²) in [5.74, 6) is 0.908. The second-order valence-corrected chi connectivity index (χ2v) is 5.97. The van der Waals surface area contributed by atoms with E-state index in [4.69, 9.17) is 4.74 Å². The van der Waals surface area contributed by atoms with Gasteiger partial charge in [-0.2, -0.15) is 0 Å². The lowest BCUT2D eigenvalue weighted by molar-refractivity contribution is 0.460. The van der Waals surface area contributed by atoms with Gasteiger partial charge in [0.05, 0.1) is 0 Å².